The molecule has 1 atom stereocenters. The number of fused-ring (bicyclic) bond motifs is 1. The van der Waals surface area contributed by atoms with Crippen molar-refractivity contribution < 1.29 is 18.3 Å². The third-order valence-electron chi connectivity index (χ3n) is 3.42. The molecule has 2 aromatic heterocycles. The topological polar surface area (TPSA) is 129 Å². The third-order valence-corrected chi connectivity index (χ3v) is 5.11. The predicted molar refractivity (Wildman–Crippen MR) is 73.7 cm³/mol. The highest BCUT2D eigenvalue weighted by Crippen LogP contribution is 2.26. The zero-order valence-electron chi connectivity index (χ0n) is 10.9. The molecule has 1 unspecified atom stereocenters. The van der Waals surface area contributed by atoms with Crippen LogP contribution in [0.4, 0.5) is 5.82 Å². The van der Waals surface area contributed by atoms with E-state index in [0.29, 0.717) is 17.0 Å². The number of imidazole rings is 1. The van der Waals surface area contributed by atoms with Crippen molar-refractivity contribution in [1.29, 1.82) is 0 Å². The first-order valence-electron chi connectivity index (χ1n) is 6.29. The molecule has 0 bridgehead atoms. The fraction of sp³-hybridized carbons (Fsp3) is 0.455. The Morgan fingerprint density at radius 1 is 1.43 bits per heavy atom. The Kier molecular flexibility index (Phi) is 3.24. The Balaban J connectivity index is 2.02. The summed E-state index contributed by atoms with van der Waals surface area (Å²) < 4.78 is 23.5. The number of nitrogens with one attached hydrogen (secondary N) is 1. The third kappa shape index (κ3) is 2.66. The molecule has 0 spiro atoms. The van der Waals surface area contributed by atoms with Gasteiger partial charge in [-0.2, -0.15) is 0 Å². The number of aliphatic carboxylic acids is 1. The van der Waals surface area contributed by atoms with Crippen molar-refractivity contribution in [3.05, 3.63) is 12.7 Å². The van der Waals surface area contributed by atoms with E-state index in [1.807, 2.05) is 0 Å². The number of nitrogens with zero attached hydrogens (tertiary/aromatic N) is 4. The van der Waals surface area contributed by atoms with Crippen molar-refractivity contribution in [3.63, 3.8) is 0 Å². The Hall–Kier alpha value is -2.23. The summed E-state index contributed by atoms with van der Waals surface area (Å²) in [6.45, 7) is 0.200. The molecule has 10 heteroatoms. The highest BCUT2D eigenvalue weighted by atomic mass is 32.2. The van der Waals surface area contributed by atoms with Gasteiger partial charge in [-0.05, 0) is 0 Å². The average molecular weight is 311 g/mol. The van der Waals surface area contributed by atoms with Gasteiger partial charge in [-0.25, -0.2) is 23.4 Å². The molecular formula is C11H13N5O4S. The summed E-state index contributed by atoms with van der Waals surface area (Å²) >= 11 is 0. The van der Waals surface area contributed by atoms with Gasteiger partial charge in [0, 0.05) is 6.54 Å². The number of anilines is 1. The van der Waals surface area contributed by atoms with Crippen LogP contribution in [0, 0.1) is 0 Å². The first-order valence-corrected chi connectivity index (χ1v) is 8.11. The lowest BCUT2D eigenvalue weighted by Crippen LogP contribution is -2.50. The van der Waals surface area contributed by atoms with Gasteiger partial charge >= 0.3 is 5.97 Å². The maximum atomic E-state index is 11.8. The number of aromatic nitrogens is 4. The molecule has 112 valence electrons. The van der Waals surface area contributed by atoms with Gasteiger partial charge in [-0.1, -0.05) is 0 Å². The van der Waals surface area contributed by atoms with E-state index < -0.39 is 21.8 Å². The van der Waals surface area contributed by atoms with E-state index in [-0.39, 0.29) is 24.5 Å². The molecule has 3 rings (SSSR count). The Labute approximate surface area is 120 Å². The highest BCUT2D eigenvalue weighted by molar-refractivity contribution is 7.91. The maximum absolute atomic E-state index is 11.8. The number of carboxylic acids is 1. The van der Waals surface area contributed by atoms with Crippen LogP contribution in [-0.2, 0) is 14.6 Å². The SMILES string of the molecule is O=C(O)CC1CS(=O)(=O)CCN1c1ncnc2nc[nH]c12. The van der Waals surface area contributed by atoms with E-state index in [1.165, 1.54) is 12.7 Å². The Bertz CT molecular complexity index is 787. The molecular weight excluding hydrogens is 298 g/mol. The number of hydrogen-bond donors (Lipinski definition) is 2. The summed E-state index contributed by atoms with van der Waals surface area (Å²) in [5, 5.41) is 9.00. The van der Waals surface area contributed by atoms with Crippen LogP contribution in [0.5, 0.6) is 0 Å². The molecule has 3 heterocycles. The van der Waals surface area contributed by atoms with E-state index in [1.54, 1.807) is 4.90 Å². The van der Waals surface area contributed by atoms with E-state index in [9.17, 15) is 13.2 Å². The number of sulfone groups is 1. The zero-order valence-corrected chi connectivity index (χ0v) is 11.7. The first-order chi connectivity index (χ1) is 9.96. The second-order valence-electron chi connectivity index (χ2n) is 4.86. The van der Waals surface area contributed by atoms with Gasteiger partial charge < -0.3 is 15.0 Å². The maximum Gasteiger partial charge on any atom is 0.305 e. The van der Waals surface area contributed by atoms with Crippen LogP contribution in [-0.4, -0.2) is 63.5 Å². The molecule has 0 radical (unpaired) electrons. The largest absolute Gasteiger partial charge is 0.481 e. The van der Waals surface area contributed by atoms with Crippen molar-refractivity contribution in [2.24, 2.45) is 0 Å². The fourth-order valence-electron chi connectivity index (χ4n) is 2.51. The van der Waals surface area contributed by atoms with Crippen molar-refractivity contribution >= 4 is 32.8 Å². The number of aromatic amines is 1. The second-order valence-corrected chi connectivity index (χ2v) is 7.09. The summed E-state index contributed by atoms with van der Waals surface area (Å²) in [4.78, 5) is 27.8. The molecule has 2 aromatic rings. The molecule has 0 amide bonds. The molecule has 0 aliphatic carbocycles. The Morgan fingerprint density at radius 3 is 3.00 bits per heavy atom. The lowest BCUT2D eigenvalue weighted by atomic mass is 10.2. The summed E-state index contributed by atoms with van der Waals surface area (Å²) in [6, 6.07) is -0.650. The highest BCUT2D eigenvalue weighted by Gasteiger charge is 2.34. The number of carbonyl (C=O) groups is 1. The van der Waals surface area contributed by atoms with Gasteiger partial charge in [0.1, 0.15) is 11.8 Å². The van der Waals surface area contributed by atoms with E-state index in [2.05, 4.69) is 19.9 Å². The number of H-pyrrole nitrogens is 1. The van der Waals surface area contributed by atoms with Crippen LogP contribution < -0.4 is 4.90 Å². The minimum absolute atomic E-state index is 0.0250. The van der Waals surface area contributed by atoms with Crippen molar-refractivity contribution in [3.8, 4) is 0 Å². The van der Waals surface area contributed by atoms with Crippen molar-refractivity contribution in [2.75, 3.05) is 23.0 Å². The van der Waals surface area contributed by atoms with Crippen LogP contribution in [0.25, 0.3) is 11.2 Å². The van der Waals surface area contributed by atoms with Gasteiger partial charge in [0.05, 0.1) is 30.3 Å². The normalized spacial score (nSPS) is 21.5. The number of hydrogen-bond acceptors (Lipinski definition) is 7. The van der Waals surface area contributed by atoms with E-state index >= 15 is 0 Å². The van der Waals surface area contributed by atoms with Gasteiger partial charge in [0.15, 0.2) is 21.3 Å². The average Bonchev–Trinajstić information content (AvgIpc) is 2.85. The van der Waals surface area contributed by atoms with Gasteiger partial charge in [-0.3, -0.25) is 4.79 Å². The van der Waals surface area contributed by atoms with Gasteiger partial charge in [-0.15, -0.1) is 0 Å². The quantitative estimate of drug-likeness (QED) is 0.771. The molecule has 21 heavy (non-hydrogen) atoms. The summed E-state index contributed by atoms with van der Waals surface area (Å²) in [5.41, 5.74) is 1.04. The minimum atomic E-state index is -3.23. The summed E-state index contributed by atoms with van der Waals surface area (Å²) in [6.07, 6.45) is 2.54. The van der Waals surface area contributed by atoms with Crippen LogP contribution in [0.3, 0.4) is 0 Å². The molecule has 0 aromatic carbocycles. The predicted octanol–water partition coefficient (Wildman–Crippen LogP) is -0.569. The first kappa shape index (κ1) is 13.7. The number of carboxylic acid groups (broad SMARTS) is 1. The Morgan fingerprint density at radius 2 is 2.24 bits per heavy atom. The molecule has 1 saturated heterocycles. The van der Waals surface area contributed by atoms with E-state index in [0.717, 1.165) is 0 Å². The monoisotopic (exact) mass is 311 g/mol. The molecule has 9 nitrogen and oxygen atoms in total. The lowest BCUT2D eigenvalue weighted by Gasteiger charge is -2.35. The van der Waals surface area contributed by atoms with Gasteiger partial charge in [0.2, 0.25) is 0 Å². The van der Waals surface area contributed by atoms with E-state index in [4.69, 9.17) is 5.11 Å². The summed E-state index contributed by atoms with van der Waals surface area (Å²) in [5.74, 6) is -0.780. The van der Waals surface area contributed by atoms with Crippen LogP contribution in [0.1, 0.15) is 6.42 Å². The zero-order chi connectivity index (χ0) is 15.0. The molecule has 1 aliphatic heterocycles. The summed E-state index contributed by atoms with van der Waals surface area (Å²) in [7, 11) is -3.23. The fourth-order valence-corrected chi connectivity index (χ4v) is 4.03. The van der Waals surface area contributed by atoms with Gasteiger partial charge in [0.25, 0.3) is 0 Å². The smallest absolute Gasteiger partial charge is 0.305 e. The van der Waals surface area contributed by atoms with Crippen molar-refractivity contribution in [2.45, 2.75) is 12.5 Å². The lowest BCUT2D eigenvalue weighted by molar-refractivity contribution is -0.137. The minimum Gasteiger partial charge on any atom is -0.481 e. The molecule has 1 aliphatic rings. The van der Waals surface area contributed by atoms with Crippen LogP contribution in [0.15, 0.2) is 12.7 Å². The molecule has 0 saturated carbocycles. The standard InChI is InChI=1S/C11H13N5O4S/c17-8(18)3-7-4-21(19,20)2-1-16(7)11-9-10(13-5-12-9)14-6-15-11/h5-7H,1-4H2,(H,17,18)(H,12,13,14,15). The number of rotatable bonds is 3. The molecule has 1 fully saturated rings. The van der Waals surface area contributed by atoms with Crippen LogP contribution in [0.2, 0.25) is 0 Å². The van der Waals surface area contributed by atoms with Crippen molar-refractivity contribution in [1.82, 2.24) is 19.9 Å². The molecule has 2 N–H and O–H groups in total. The van der Waals surface area contributed by atoms with Crippen LogP contribution >= 0.6 is 0 Å². The second kappa shape index (κ2) is 4.95.